The molecule has 6 rings (SSSR count). The number of para-hydroxylation sites is 1. The molecule has 0 saturated carbocycles. The molecule has 1 aliphatic heterocycles. The van der Waals surface area contributed by atoms with E-state index in [1.54, 1.807) is 52.3 Å². The van der Waals surface area contributed by atoms with E-state index in [0.717, 1.165) is 33.0 Å². The third-order valence-corrected chi connectivity index (χ3v) is 15.7. The standard InChI is InChI=1S/C57H69FN3O12PS/c1-10-33-68-50(63)29-31-56(6,7)54(64)75-35-34-71-74(61(39(2)3)40(4)5)73-52-49(72-53(51(52)58)60-32-30-44(59-55(60)65)36-45(62)37-69-48-19-15-12-16-20-48)38-70-57(41-17-13-11-14-18-41,42-21-25-46(66-8)26-22-42)43-23-27-47(67-9)28-24-43/h10-28,30,32,39-40,49,51-53H,1,29,31,33-38H2,2-9H3. The smallest absolute Gasteiger partial charge is 0.350 e. The summed E-state index contributed by atoms with van der Waals surface area (Å²) in [6.45, 7) is 14.7. The van der Waals surface area contributed by atoms with Gasteiger partial charge in [-0.25, -0.2) is 13.9 Å². The third kappa shape index (κ3) is 15.4. The monoisotopic (exact) mass is 1070 g/mol. The van der Waals surface area contributed by atoms with E-state index >= 15 is 4.39 Å². The number of hydrogen-bond acceptors (Lipinski definition) is 15. The zero-order valence-corrected chi connectivity index (χ0v) is 45.6. The van der Waals surface area contributed by atoms with Gasteiger partial charge in [-0.15, -0.1) is 0 Å². The van der Waals surface area contributed by atoms with Crippen molar-refractivity contribution in [3.05, 3.63) is 167 Å². The number of carbonyl (C=O) groups is 3. The van der Waals surface area contributed by atoms with Crippen molar-refractivity contribution >= 4 is 37.2 Å². The van der Waals surface area contributed by atoms with Gasteiger partial charge in [0.15, 0.2) is 23.3 Å². The van der Waals surface area contributed by atoms with Gasteiger partial charge in [0.1, 0.15) is 48.3 Å². The number of alkyl halides is 1. The summed E-state index contributed by atoms with van der Waals surface area (Å²) in [5.74, 6) is 1.29. The van der Waals surface area contributed by atoms with Crippen LogP contribution in [0.2, 0.25) is 0 Å². The highest BCUT2D eigenvalue weighted by Crippen LogP contribution is 2.51. The predicted octanol–water partition coefficient (Wildman–Crippen LogP) is 10.2. The molecule has 0 N–H and O–H groups in total. The van der Waals surface area contributed by atoms with Gasteiger partial charge in [0.2, 0.25) is 0 Å². The van der Waals surface area contributed by atoms with Crippen LogP contribution in [0, 0.1) is 5.41 Å². The topological polar surface area (TPSA) is 163 Å². The van der Waals surface area contributed by atoms with Gasteiger partial charge in [-0.3, -0.25) is 19.0 Å². The molecule has 4 aromatic carbocycles. The number of benzene rings is 4. The molecule has 15 nitrogen and oxygen atoms in total. The van der Waals surface area contributed by atoms with Gasteiger partial charge in [0.25, 0.3) is 8.53 Å². The Kier molecular flexibility index (Phi) is 21.7. The van der Waals surface area contributed by atoms with Crippen molar-refractivity contribution < 1.29 is 56.2 Å². The molecule has 0 aliphatic carbocycles. The fourth-order valence-electron chi connectivity index (χ4n) is 8.55. The first-order valence-corrected chi connectivity index (χ1v) is 27.0. The first-order valence-electron chi connectivity index (χ1n) is 24.9. The summed E-state index contributed by atoms with van der Waals surface area (Å²) < 4.78 is 70.0. The minimum Gasteiger partial charge on any atom is -0.497 e. The summed E-state index contributed by atoms with van der Waals surface area (Å²) >= 11 is 1.08. The lowest BCUT2D eigenvalue weighted by molar-refractivity contribution is -0.143. The highest BCUT2D eigenvalue weighted by Gasteiger charge is 2.51. The van der Waals surface area contributed by atoms with Crippen LogP contribution in [0.4, 0.5) is 4.39 Å². The molecule has 5 atom stereocenters. The summed E-state index contributed by atoms with van der Waals surface area (Å²) in [5, 5.41) is -0.129. The van der Waals surface area contributed by atoms with E-state index < -0.39 is 55.8 Å². The zero-order valence-electron chi connectivity index (χ0n) is 43.9. The molecular weight excluding hydrogens is 1000 g/mol. The Hall–Kier alpha value is -5.78. The maximum absolute atomic E-state index is 17.8. The Bertz CT molecular complexity index is 2620. The zero-order chi connectivity index (χ0) is 54.1. The first-order chi connectivity index (χ1) is 36.0. The van der Waals surface area contributed by atoms with Crippen LogP contribution in [0.25, 0.3) is 0 Å². The lowest BCUT2D eigenvalue weighted by Crippen LogP contribution is -2.41. The second kappa shape index (κ2) is 27.8. The molecule has 5 aromatic rings. The van der Waals surface area contributed by atoms with E-state index in [2.05, 4.69) is 11.6 Å². The van der Waals surface area contributed by atoms with Gasteiger partial charge in [0.05, 0.1) is 39.5 Å². The molecule has 0 amide bonds. The minimum atomic E-state index is -2.08. The van der Waals surface area contributed by atoms with Crippen molar-refractivity contribution in [2.75, 3.05) is 46.4 Å². The van der Waals surface area contributed by atoms with Crippen molar-refractivity contribution in [1.82, 2.24) is 14.2 Å². The second-order valence-electron chi connectivity index (χ2n) is 19.0. The van der Waals surface area contributed by atoms with E-state index in [1.165, 1.54) is 18.3 Å². The third-order valence-electron chi connectivity index (χ3n) is 12.4. The molecule has 18 heteroatoms. The summed E-state index contributed by atoms with van der Waals surface area (Å²) in [6, 6.07) is 34.7. The predicted molar refractivity (Wildman–Crippen MR) is 288 cm³/mol. The van der Waals surface area contributed by atoms with E-state index in [1.807, 2.05) is 117 Å². The summed E-state index contributed by atoms with van der Waals surface area (Å²) in [4.78, 5) is 56.8. The largest absolute Gasteiger partial charge is 0.497 e. The van der Waals surface area contributed by atoms with Crippen LogP contribution in [-0.4, -0.2) is 108 Å². The van der Waals surface area contributed by atoms with Crippen molar-refractivity contribution in [2.24, 2.45) is 5.41 Å². The van der Waals surface area contributed by atoms with Crippen LogP contribution in [0.5, 0.6) is 17.2 Å². The Morgan fingerprint density at radius 1 is 0.853 bits per heavy atom. The lowest BCUT2D eigenvalue weighted by atomic mass is 9.80. The first kappa shape index (κ1) is 58.5. The molecule has 1 fully saturated rings. The Labute approximate surface area is 445 Å². The SMILES string of the molecule is C=CCOC(=O)CCC(C)(C)C(=O)SCCOP(OC1C(COC(c2ccccc2)(c2ccc(OC)cc2)c2ccc(OC)cc2)OC(n2ccc(CC(=O)COc3ccccc3)nc2=O)C1F)N(C(C)C)C(C)C. The van der Waals surface area contributed by atoms with Crippen LogP contribution in [-0.2, 0) is 49.7 Å². The van der Waals surface area contributed by atoms with Gasteiger partial charge >= 0.3 is 11.7 Å². The van der Waals surface area contributed by atoms with Crippen LogP contribution >= 0.6 is 20.3 Å². The molecule has 0 radical (unpaired) electrons. The fraction of sp³-hybridized carbons (Fsp3) is 0.421. The van der Waals surface area contributed by atoms with Crippen LogP contribution < -0.4 is 19.9 Å². The molecule has 402 valence electrons. The molecule has 1 aromatic heterocycles. The molecule has 2 heterocycles. The number of Topliss-reactive ketones (excluding diaryl/α,β-unsaturated/α-hetero) is 1. The van der Waals surface area contributed by atoms with Crippen molar-refractivity contribution in [2.45, 2.75) is 103 Å². The van der Waals surface area contributed by atoms with Crippen molar-refractivity contribution in [3.63, 3.8) is 0 Å². The average Bonchev–Trinajstić information content (AvgIpc) is 3.73. The number of esters is 1. The van der Waals surface area contributed by atoms with Crippen molar-refractivity contribution in [3.8, 4) is 17.2 Å². The summed E-state index contributed by atoms with van der Waals surface area (Å²) in [7, 11) is 1.10. The second-order valence-corrected chi connectivity index (χ2v) is 21.4. The van der Waals surface area contributed by atoms with Crippen LogP contribution in [0.3, 0.4) is 0 Å². The molecule has 1 saturated heterocycles. The molecule has 75 heavy (non-hydrogen) atoms. The number of halogens is 1. The van der Waals surface area contributed by atoms with Gasteiger partial charge in [-0.1, -0.05) is 111 Å². The fourth-order valence-corrected chi connectivity index (χ4v) is 11.3. The maximum Gasteiger partial charge on any atom is 0.350 e. The van der Waals surface area contributed by atoms with E-state index in [-0.39, 0.29) is 80.1 Å². The molecule has 5 unspecified atom stereocenters. The molecule has 0 spiro atoms. The highest BCUT2D eigenvalue weighted by molar-refractivity contribution is 8.13. The molecular formula is C57H69FN3O12PS. The maximum atomic E-state index is 17.8. The number of ether oxygens (including phenoxy) is 6. The van der Waals surface area contributed by atoms with E-state index in [9.17, 15) is 19.2 Å². The van der Waals surface area contributed by atoms with Gasteiger partial charge in [0, 0.05) is 35.9 Å². The quantitative estimate of drug-likeness (QED) is 0.0146. The molecule has 0 bridgehead atoms. The number of rotatable bonds is 29. The van der Waals surface area contributed by atoms with Crippen molar-refractivity contribution in [1.29, 1.82) is 0 Å². The van der Waals surface area contributed by atoms with Crippen LogP contribution in [0.1, 0.15) is 83.0 Å². The normalized spacial score (nSPS) is 17.2. The number of ketones is 1. The molecule has 1 aliphatic rings. The number of methoxy groups -OCH3 is 2. The Morgan fingerprint density at radius 3 is 2.00 bits per heavy atom. The number of aromatic nitrogens is 2. The lowest BCUT2D eigenvalue weighted by Gasteiger charge is -2.39. The minimum absolute atomic E-state index is 0.0522. The van der Waals surface area contributed by atoms with E-state index in [4.69, 9.17) is 37.5 Å². The Balaban J connectivity index is 1.33. The van der Waals surface area contributed by atoms with Crippen LogP contribution in [0.15, 0.2) is 139 Å². The summed E-state index contributed by atoms with van der Waals surface area (Å²) in [6.07, 6.45) is -3.07. The van der Waals surface area contributed by atoms with Gasteiger partial charge in [-0.05, 0) is 93.3 Å². The van der Waals surface area contributed by atoms with Gasteiger partial charge in [-0.2, -0.15) is 4.98 Å². The Morgan fingerprint density at radius 2 is 1.44 bits per heavy atom. The summed E-state index contributed by atoms with van der Waals surface area (Å²) in [5.41, 5.74) is -0.627. The average molecular weight is 1070 g/mol. The number of carbonyl (C=O) groups excluding carboxylic acids is 3. The number of nitrogens with zero attached hydrogens (tertiary/aromatic N) is 3. The van der Waals surface area contributed by atoms with Gasteiger partial charge < -0.3 is 37.5 Å². The number of hydrogen-bond donors (Lipinski definition) is 0. The number of thioether (sulfide) groups is 1. The highest BCUT2D eigenvalue weighted by atomic mass is 32.2. The van der Waals surface area contributed by atoms with E-state index in [0.29, 0.717) is 17.2 Å².